The zero-order valence-electron chi connectivity index (χ0n) is 9.73. The number of anilines is 2. The number of Topliss-reactive ketones (excluding diaryl/α,β-unsaturated/α-hetero) is 1. The fraction of sp³-hybridized carbons (Fsp3) is 0.417. The van der Waals surface area contributed by atoms with Crippen molar-refractivity contribution >= 4 is 17.2 Å². The number of hydrogen-bond acceptors (Lipinski definition) is 4. The molecule has 0 saturated heterocycles. The smallest absolute Gasteiger partial charge is 0.161 e. The van der Waals surface area contributed by atoms with Crippen molar-refractivity contribution in [3.63, 3.8) is 0 Å². The van der Waals surface area contributed by atoms with Crippen molar-refractivity contribution in [3.8, 4) is 0 Å². The first-order valence-electron chi connectivity index (χ1n) is 5.36. The van der Waals surface area contributed by atoms with Crippen LogP contribution in [0.2, 0.25) is 0 Å². The minimum atomic E-state index is -0.0422. The molecule has 3 N–H and O–H groups in total. The molecule has 0 aliphatic heterocycles. The number of nitrogen functional groups attached to an aromatic ring is 1. The quantitative estimate of drug-likeness (QED) is 0.582. The third kappa shape index (κ3) is 2.73. The summed E-state index contributed by atoms with van der Waals surface area (Å²) in [6.07, 6.45) is 0. The molecule has 1 aromatic carbocycles. The molecule has 0 bridgehead atoms. The van der Waals surface area contributed by atoms with E-state index in [2.05, 4.69) is 0 Å². The van der Waals surface area contributed by atoms with Crippen molar-refractivity contribution in [3.05, 3.63) is 23.8 Å². The zero-order valence-corrected chi connectivity index (χ0v) is 9.73. The van der Waals surface area contributed by atoms with Gasteiger partial charge < -0.3 is 15.7 Å². The normalized spacial score (nSPS) is 10.2. The molecule has 0 spiro atoms. The molecular formula is C12H18N2O2. The Labute approximate surface area is 95.7 Å². The standard InChI is InChI=1S/C12H18N2O2/c1-3-14(6-7-15)10-4-5-12(13)11(8-10)9(2)16/h4-5,8,15H,3,6-7,13H2,1-2H3. The Morgan fingerprint density at radius 1 is 1.50 bits per heavy atom. The fourth-order valence-corrected chi connectivity index (χ4v) is 1.64. The Bertz CT molecular complexity index is 377. The van der Waals surface area contributed by atoms with Crippen LogP contribution in [0.25, 0.3) is 0 Å². The largest absolute Gasteiger partial charge is 0.398 e. The van der Waals surface area contributed by atoms with Gasteiger partial charge in [-0.05, 0) is 32.0 Å². The molecule has 16 heavy (non-hydrogen) atoms. The van der Waals surface area contributed by atoms with Gasteiger partial charge in [0, 0.05) is 30.0 Å². The first kappa shape index (κ1) is 12.5. The van der Waals surface area contributed by atoms with Gasteiger partial charge in [-0.2, -0.15) is 0 Å². The molecule has 4 nitrogen and oxygen atoms in total. The second-order valence-electron chi connectivity index (χ2n) is 3.63. The molecule has 0 radical (unpaired) electrons. The summed E-state index contributed by atoms with van der Waals surface area (Å²) >= 11 is 0. The molecule has 88 valence electrons. The number of aliphatic hydroxyl groups excluding tert-OH is 1. The SMILES string of the molecule is CCN(CCO)c1ccc(N)c(C(C)=O)c1. The predicted molar refractivity (Wildman–Crippen MR) is 65.8 cm³/mol. The third-order valence-corrected chi connectivity index (χ3v) is 2.53. The Hall–Kier alpha value is -1.55. The van der Waals surface area contributed by atoms with E-state index in [0.717, 1.165) is 12.2 Å². The Kier molecular flexibility index (Phi) is 4.31. The lowest BCUT2D eigenvalue weighted by atomic mass is 10.1. The van der Waals surface area contributed by atoms with Crippen LogP contribution >= 0.6 is 0 Å². The number of nitrogens with zero attached hydrogens (tertiary/aromatic N) is 1. The van der Waals surface area contributed by atoms with Crippen molar-refractivity contribution in [1.82, 2.24) is 0 Å². The number of ketones is 1. The van der Waals surface area contributed by atoms with E-state index in [1.807, 2.05) is 17.9 Å². The van der Waals surface area contributed by atoms with Crippen molar-refractivity contribution in [1.29, 1.82) is 0 Å². The summed E-state index contributed by atoms with van der Waals surface area (Å²) in [6, 6.07) is 5.36. The average Bonchev–Trinajstić information content (AvgIpc) is 2.26. The second-order valence-corrected chi connectivity index (χ2v) is 3.63. The number of benzene rings is 1. The Morgan fingerprint density at radius 2 is 2.19 bits per heavy atom. The van der Waals surface area contributed by atoms with Crippen LogP contribution < -0.4 is 10.6 Å². The highest BCUT2D eigenvalue weighted by Gasteiger charge is 2.09. The zero-order chi connectivity index (χ0) is 12.1. The number of rotatable bonds is 5. The van der Waals surface area contributed by atoms with Crippen LogP contribution in [0.15, 0.2) is 18.2 Å². The van der Waals surface area contributed by atoms with Crippen molar-refractivity contribution in [2.24, 2.45) is 0 Å². The van der Waals surface area contributed by atoms with Crippen LogP contribution in [0.3, 0.4) is 0 Å². The predicted octanol–water partition coefficient (Wildman–Crippen LogP) is 1.29. The minimum Gasteiger partial charge on any atom is -0.398 e. The summed E-state index contributed by atoms with van der Waals surface area (Å²) < 4.78 is 0. The molecule has 4 heteroatoms. The molecule has 0 fully saturated rings. The van der Waals surface area contributed by atoms with Gasteiger partial charge in [-0.3, -0.25) is 4.79 Å². The van der Waals surface area contributed by atoms with Gasteiger partial charge in [-0.1, -0.05) is 0 Å². The van der Waals surface area contributed by atoms with Gasteiger partial charge in [0.2, 0.25) is 0 Å². The van der Waals surface area contributed by atoms with Crippen molar-refractivity contribution in [2.75, 3.05) is 30.3 Å². The van der Waals surface area contributed by atoms with Gasteiger partial charge in [-0.15, -0.1) is 0 Å². The molecular weight excluding hydrogens is 204 g/mol. The van der Waals surface area contributed by atoms with E-state index in [1.54, 1.807) is 12.1 Å². The Balaban J connectivity index is 3.05. The molecule has 0 atom stereocenters. The molecule has 0 amide bonds. The third-order valence-electron chi connectivity index (χ3n) is 2.53. The molecule has 0 aliphatic carbocycles. The number of carbonyl (C=O) groups is 1. The van der Waals surface area contributed by atoms with Crippen LogP contribution in [0.1, 0.15) is 24.2 Å². The Morgan fingerprint density at radius 3 is 2.69 bits per heavy atom. The van der Waals surface area contributed by atoms with Crippen LogP contribution in [0.5, 0.6) is 0 Å². The summed E-state index contributed by atoms with van der Waals surface area (Å²) in [5.41, 5.74) is 7.66. The van der Waals surface area contributed by atoms with Crippen LogP contribution in [-0.4, -0.2) is 30.6 Å². The van der Waals surface area contributed by atoms with E-state index in [4.69, 9.17) is 10.8 Å². The van der Waals surface area contributed by atoms with Gasteiger partial charge in [0.05, 0.1) is 6.61 Å². The van der Waals surface area contributed by atoms with Crippen molar-refractivity contribution in [2.45, 2.75) is 13.8 Å². The number of aliphatic hydroxyl groups is 1. The van der Waals surface area contributed by atoms with Gasteiger partial charge in [0.15, 0.2) is 5.78 Å². The maximum absolute atomic E-state index is 11.3. The summed E-state index contributed by atoms with van der Waals surface area (Å²) in [4.78, 5) is 13.3. The van der Waals surface area contributed by atoms with Crippen LogP contribution in [0, 0.1) is 0 Å². The molecule has 0 unspecified atom stereocenters. The lowest BCUT2D eigenvalue weighted by Crippen LogP contribution is -2.26. The van der Waals surface area contributed by atoms with E-state index in [0.29, 0.717) is 17.8 Å². The maximum Gasteiger partial charge on any atom is 0.161 e. The van der Waals surface area contributed by atoms with E-state index >= 15 is 0 Å². The average molecular weight is 222 g/mol. The monoisotopic (exact) mass is 222 g/mol. The highest BCUT2D eigenvalue weighted by molar-refractivity contribution is 6.00. The molecule has 1 rings (SSSR count). The molecule has 0 heterocycles. The summed E-state index contributed by atoms with van der Waals surface area (Å²) in [6.45, 7) is 4.92. The number of nitrogens with two attached hydrogens (primary N) is 1. The van der Waals surface area contributed by atoms with Gasteiger partial charge in [-0.25, -0.2) is 0 Å². The van der Waals surface area contributed by atoms with E-state index in [1.165, 1.54) is 6.92 Å². The van der Waals surface area contributed by atoms with Gasteiger partial charge in [0.1, 0.15) is 0 Å². The van der Waals surface area contributed by atoms with Crippen LogP contribution in [-0.2, 0) is 0 Å². The van der Waals surface area contributed by atoms with E-state index in [9.17, 15) is 4.79 Å². The summed E-state index contributed by atoms with van der Waals surface area (Å²) in [7, 11) is 0. The summed E-state index contributed by atoms with van der Waals surface area (Å²) in [5.74, 6) is -0.0422. The lowest BCUT2D eigenvalue weighted by Gasteiger charge is -2.22. The molecule has 0 aliphatic rings. The van der Waals surface area contributed by atoms with Gasteiger partial charge in [0.25, 0.3) is 0 Å². The fourth-order valence-electron chi connectivity index (χ4n) is 1.64. The lowest BCUT2D eigenvalue weighted by molar-refractivity contribution is 0.101. The number of likely N-dealkylation sites (N-methyl/N-ethyl adjacent to an activating group) is 1. The first-order valence-corrected chi connectivity index (χ1v) is 5.36. The highest BCUT2D eigenvalue weighted by Crippen LogP contribution is 2.21. The minimum absolute atomic E-state index is 0.0422. The van der Waals surface area contributed by atoms with Crippen LogP contribution in [0.4, 0.5) is 11.4 Å². The highest BCUT2D eigenvalue weighted by atomic mass is 16.3. The summed E-state index contributed by atoms with van der Waals surface area (Å²) in [5, 5.41) is 8.93. The first-order chi connectivity index (χ1) is 7.60. The second kappa shape index (κ2) is 5.51. The van der Waals surface area contributed by atoms with E-state index in [-0.39, 0.29) is 12.4 Å². The topological polar surface area (TPSA) is 66.6 Å². The van der Waals surface area contributed by atoms with E-state index < -0.39 is 0 Å². The number of hydrogen-bond donors (Lipinski definition) is 2. The van der Waals surface area contributed by atoms with Gasteiger partial charge >= 0.3 is 0 Å². The molecule has 1 aromatic rings. The molecule has 0 saturated carbocycles. The van der Waals surface area contributed by atoms with Crippen molar-refractivity contribution < 1.29 is 9.90 Å². The number of carbonyl (C=O) groups excluding carboxylic acids is 1. The molecule has 0 aromatic heterocycles. The maximum atomic E-state index is 11.3.